The van der Waals surface area contributed by atoms with Crippen LogP contribution in [-0.2, 0) is 16.1 Å². The molecule has 0 bridgehead atoms. The minimum absolute atomic E-state index is 0. The number of amides is 1. The standard InChI is InChI=1S/C16H21N3O2S.2ClH/c1-10-4-6-12(7-5-10)14(17)15(20)18-8-13-9-22-16(19-13)11(2)21-3;;/h4-7,9,11,14H,8,17H2,1-3H3,(H,18,20);2*1H. The second-order valence-electron chi connectivity index (χ2n) is 5.16. The van der Waals surface area contributed by atoms with Crippen molar-refractivity contribution >= 4 is 42.1 Å². The highest BCUT2D eigenvalue weighted by Crippen LogP contribution is 2.20. The maximum atomic E-state index is 12.1. The van der Waals surface area contributed by atoms with Crippen molar-refractivity contribution in [1.29, 1.82) is 0 Å². The number of nitrogens with zero attached hydrogens (tertiary/aromatic N) is 1. The summed E-state index contributed by atoms with van der Waals surface area (Å²) < 4.78 is 5.22. The lowest BCUT2D eigenvalue weighted by molar-refractivity contribution is -0.122. The van der Waals surface area contributed by atoms with Gasteiger partial charge in [-0.15, -0.1) is 36.2 Å². The van der Waals surface area contributed by atoms with Crippen molar-refractivity contribution in [2.45, 2.75) is 32.5 Å². The molecule has 8 heteroatoms. The Morgan fingerprint density at radius 1 is 1.33 bits per heavy atom. The Balaban J connectivity index is 0.00000264. The first-order chi connectivity index (χ1) is 10.5. The highest BCUT2D eigenvalue weighted by atomic mass is 35.5. The van der Waals surface area contributed by atoms with E-state index < -0.39 is 6.04 Å². The van der Waals surface area contributed by atoms with Crippen molar-refractivity contribution in [3.8, 4) is 0 Å². The molecule has 0 fully saturated rings. The summed E-state index contributed by atoms with van der Waals surface area (Å²) >= 11 is 1.52. The fraction of sp³-hybridized carbons (Fsp3) is 0.375. The third-order valence-corrected chi connectivity index (χ3v) is 4.49. The normalized spacial score (nSPS) is 12.5. The van der Waals surface area contributed by atoms with Gasteiger partial charge in [-0.1, -0.05) is 29.8 Å². The van der Waals surface area contributed by atoms with Gasteiger partial charge in [-0.25, -0.2) is 4.98 Å². The van der Waals surface area contributed by atoms with Crippen LogP contribution < -0.4 is 11.1 Å². The Hall–Kier alpha value is -1.18. The van der Waals surface area contributed by atoms with Crippen LogP contribution in [0.25, 0.3) is 0 Å². The van der Waals surface area contributed by atoms with Gasteiger partial charge in [-0.3, -0.25) is 4.79 Å². The number of benzene rings is 1. The number of hydrogen-bond acceptors (Lipinski definition) is 5. The van der Waals surface area contributed by atoms with Crippen LogP contribution in [0.1, 0.15) is 40.9 Å². The van der Waals surface area contributed by atoms with Crippen LogP contribution in [0.3, 0.4) is 0 Å². The minimum Gasteiger partial charge on any atom is -0.375 e. The van der Waals surface area contributed by atoms with Crippen molar-refractivity contribution in [3.63, 3.8) is 0 Å². The molecule has 2 aromatic rings. The van der Waals surface area contributed by atoms with E-state index in [1.165, 1.54) is 11.3 Å². The number of nitrogens with two attached hydrogens (primary N) is 1. The molecule has 0 aliphatic heterocycles. The first kappa shape index (κ1) is 22.8. The molecule has 0 spiro atoms. The van der Waals surface area contributed by atoms with E-state index in [9.17, 15) is 4.79 Å². The SMILES string of the molecule is COC(C)c1nc(CNC(=O)C(N)c2ccc(C)cc2)cs1.Cl.Cl. The van der Waals surface area contributed by atoms with Gasteiger partial charge in [0.2, 0.25) is 5.91 Å². The van der Waals surface area contributed by atoms with Gasteiger partial charge in [0, 0.05) is 12.5 Å². The average Bonchev–Trinajstić information content (AvgIpc) is 3.00. The highest BCUT2D eigenvalue weighted by molar-refractivity contribution is 7.09. The second-order valence-corrected chi connectivity index (χ2v) is 6.05. The number of methoxy groups -OCH3 is 1. The smallest absolute Gasteiger partial charge is 0.241 e. The fourth-order valence-corrected chi connectivity index (χ4v) is 2.75. The van der Waals surface area contributed by atoms with E-state index in [0.717, 1.165) is 21.8 Å². The van der Waals surface area contributed by atoms with Crippen LogP contribution in [0.4, 0.5) is 0 Å². The number of thiazole rings is 1. The molecule has 134 valence electrons. The van der Waals surface area contributed by atoms with Crippen LogP contribution in [0.5, 0.6) is 0 Å². The van der Waals surface area contributed by atoms with Gasteiger partial charge < -0.3 is 15.8 Å². The minimum atomic E-state index is -0.670. The average molecular weight is 392 g/mol. The highest BCUT2D eigenvalue weighted by Gasteiger charge is 2.16. The molecule has 1 aromatic heterocycles. The lowest BCUT2D eigenvalue weighted by atomic mass is 10.1. The third-order valence-electron chi connectivity index (χ3n) is 3.43. The fourth-order valence-electron chi connectivity index (χ4n) is 1.90. The molecule has 1 aromatic carbocycles. The van der Waals surface area contributed by atoms with Gasteiger partial charge in [0.25, 0.3) is 0 Å². The van der Waals surface area contributed by atoms with Crippen molar-refractivity contribution in [2.75, 3.05) is 7.11 Å². The summed E-state index contributed by atoms with van der Waals surface area (Å²) in [6.45, 7) is 4.30. The summed E-state index contributed by atoms with van der Waals surface area (Å²) in [4.78, 5) is 16.5. The number of rotatable bonds is 6. The molecule has 0 aliphatic carbocycles. The zero-order chi connectivity index (χ0) is 16.1. The summed E-state index contributed by atoms with van der Waals surface area (Å²) in [5.74, 6) is -0.210. The van der Waals surface area contributed by atoms with E-state index >= 15 is 0 Å². The van der Waals surface area contributed by atoms with Gasteiger partial charge in [-0.2, -0.15) is 0 Å². The zero-order valence-corrected chi connectivity index (χ0v) is 16.3. The number of aromatic nitrogens is 1. The first-order valence-electron chi connectivity index (χ1n) is 7.08. The molecule has 3 N–H and O–H groups in total. The molecule has 0 radical (unpaired) electrons. The molecule has 0 aliphatic rings. The molecule has 5 nitrogen and oxygen atoms in total. The van der Waals surface area contributed by atoms with E-state index in [0.29, 0.717) is 6.54 Å². The molecule has 2 rings (SSSR count). The van der Waals surface area contributed by atoms with Crippen LogP contribution in [-0.4, -0.2) is 18.0 Å². The predicted molar refractivity (Wildman–Crippen MR) is 102 cm³/mol. The summed E-state index contributed by atoms with van der Waals surface area (Å²) in [6.07, 6.45) is -0.0377. The van der Waals surface area contributed by atoms with Gasteiger partial charge in [0.1, 0.15) is 17.2 Å². The first-order valence-corrected chi connectivity index (χ1v) is 7.96. The van der Waals surface area contributed by atoms with E-state index in [2.05, 4.69) is 10.3 Å². The van der Waals surface area contributed by atoms with Gasteiger partial charge in [0.05, 0.1) is 12.2 Å². The van der Waals surface area contributed by atoms with E-state index in [-0.39, 0.29) is 36.8 Å². The Morgan fingerprint density at radius 2 is 1.96 bits per heavy atom. The number of halogens is 2. The predicted octanol–water partition coefficient (Wildman–Crippen LogP) is 3.32. The third kappa shape index (κ3) is 6.03. The summed E-state index contributed by atoms with van der Waals surface area (Å²) in [5, 5.41) is 5.64. The molecular formula is C16H23Cl2N3O2S. The van der Waals surface area contributed by atoms with Crippen molar-refractivity contribution < 1.29 is 9.53 Å². The summed E-state index contributed by atoms with van der Waals surface area (Å²) in [6, 6.07) is 6.97. The number of ether oxygens (including phenoxy) is 1. The molecule has 1 heterocycles. The topological polar surface area (TPSA) is 77.2 Å². The molecule has 0 saturated heterocycles. The molecular weight excluding hydrogens is 369 g/mol. The number of hydrogen-bond donors (Lipinski definition) is 2. The van der Waals surface area contributed by atoms with Crippen LogP contribution >= 0.6 is 36.2 Å². The lowest BCUT2D eigenvalue weighted by Gasteiger charge is -2.12. The number of carbonyl (C=O) groups is 1. The van der Waals surface area contributed by atoms with E-state index in [4.69, 9.17) is 10.5 Å². The number of nitrogens with one attached hydrogen (secondary N) is 1. The van der Waals surface area contributed by atoms with Crippen molar-refractivity contribution in [2.24, 2.45) is 5.73 Å². The van der Waals surface area contributed by atoms with Crippen molar-refractivity contribution in [3.05, 3.63) is 51.5 Å². The molecule has 1 amide bonds. The maximum absolute atomic E-state index is 12.1. The summed E-state index contributed by atoms with van der Waals surface area (Å²) in [5.41, 5.74) is 8.73. The van der Waals surface area contributed by atoms with Gasteiger partial charge in [0.15, 0.2) is 0 Å². The lowest BCUT2D eigenvalue weighted by Crippen LogP contribution is -2.33. The maximum Gasteiger partial charge on any atom is 0.241 e. The number of aryl methyl sites for hydroxylation is 1. The Bertz CT molecular complexity index is 635. The summed E-state index contributed by atoms with van der Waals surface area (Å²) in [7, 11) is 1.65. The van der Waals surface area contributed by atoms with Gasteiger partial charge in [-0.05, 0) is 19.4 Å². The Kier molecular flexibility index (Phi) is 10.1. The molecule has 2 atom stereocenters. The van der Waals surface area contributed by atoms with Crippen LogP contribution in [0, 0.1) is 6.92 Å². The second kappa shape index (κ2) is 10.6. The zero-order valence-electron chi connectivity index (χ0n) is 13.8. The quantitative estimate of drug-likeness (QED) is 0.791. The Morgan fingerprint density at radius 3 is 2.54 bits per heavy atom. The van der Waals surface area contributed by atoms with Gasteiger partial charge >= 0.3 is 0 Å². The number of carbonyl (C=O) groups excluding carboxylic acids is 1. The van der Waals surface area contributed by atoms with Crippen molar-refractivity contribution in [1.82, 2.24) is 10.3 Å². The van der Waals surface area contributed by atoms with Crippen LogP contribution in [0.2, 0.25) is 0 Å². The molecule has 0 saturated carbocycles. The van der Waals surface area contributed by atoms with E-state index in [1.54, 1.807) is 7.11 Å². The largest absolute Gasteiger partial charge is 0.375 e. The van der Waals surface area contributed by atoms with Crippen LogP contribution in [0.15, 0.2) is 29.6 Å². The molecule has 2 unspecified atom stereocenters. The monoisotopic (exact) mass is 391 g/mol. The molecule has 24 heavy (non-hydrogen) atoms. The van der Waals surface area contributed by atoms with E-state index in [1.807, 2.05) is 43.5 Å². The Labute approximate surface area is 158 Å².